The number of aromatic nitrogens is 2. The normalized spacial score (nSPS) is 14.9. The van der Waals surface area contributed by atoms with Crippen LogP contribution in [0.3, 0.4) is 0 Å². The summed E-state index contributed by atoms with van der Waals surface area (Å²) in [6, 6.07) is 20.1. The minimum absolute atomic E-state index is 0.0113. The zero-order valence-electron chi connectivity index (χ0n) is 21.9. The highest BCUT2D eigenvalue weighted by Crippen LogP contribution is 2.36. The lowest BCUT2D eigenvalue weighted by Gasteiger charge is -2.16. The van der Waals surface area contributed by atoms with Crippen molar-refractivity contribution in [1.82, 2.24) is 4.98 Å². The van der Waals surface area contributed by atoms with Crippen molar-refractivity contribution < 1.29 is 12.8 Å². The topological polar surface area (TPSA) is 16.8 Å². The Labute approximate surface area is 175 Å². The quantitative estimate of drug-likeness (QED) is 0.414. The number of hydrogen-bond donors (Lipinski definition) is 0. The SMILES string of the molecule is [2H]C([2H])([2H])c1cc(-c2ccccc2)cc(C([2H])([2H])[2H])c1-c1cnc[n+](C)c1-c1ccccc1C. The van der Waals surface area contributed by atoms with Gasteiger partial charge in [0, 0.05) is 13.8 Å². The number of benzene rings is 3. The molecule has 0 aliphatic heterocycles. The molecule has 0 radical (unpaired) electrons. The van der Waals surface area contributed by atoms with Crippen LogP contribution in [-0.4, -0.2) is 4.98 Å². The minimum atomic E-state index is -2.54. The van der Waals surface area contributed by atoms with Crippen LogP contribution in [-0.2, 0) is 7.05 Å². The van der Waals surface area contributed by atoms with Crippen molar-refractivity contribution in [3.8, 4) is 33.5 Å². The summed E-state index contributed by atoms with van der Waals surface area (Å²) in [5.41, 5.74) is 4.49. The Morgan fingerprint density at radius 3 is 2.14 bits per heavy atom. The summed E-state index contributed by atoms with van der Waals surface area (Å²) in [4.78, 5) is 4.30. The predicted octanol–water partition coefficient (Wildman–Crippen LogP) is 5.83. The van der Waals surface area contributed by atoms with Crippen molar-refractivity contribution >= 4 is 0 Å². The number of rotatable bonds is 3. The molecule has 1 heterocycles. The average molecular weight is 372 g/mol. The van der Waals surface area contributed by atoms with Crippen LogP contribution >= 0.6 is 0 Å². The molecule has 0 aliphatic rings. The fourth-order valence-electron chi connectivity index (χ4n) is 3.60. The van der Waals surface area contributed by atoms with Crippen LogP contribution in [0.25, 0.3) is 33.5 Å². The van der Waals surface area contributed by atoms with E-state index in [-0.39, 0.29) is 16.7 Å². The van der Waals surface area contributed by atoms with Gasteiger partial charge in [-0.1, -0.05) is 71.7 Å². The van der Waals surface area contributed by atoms with Gasteiger partial charge in [-0.05, 0) is 54.0 Å². The fraction of sp³-hybridized carbons (Fsp3) is 0.154. The van der Waals surface area contributed by atoms with Gasteiger partial charge in [0.1, 0.15) is 5.69 Å². The van der Waals surface area contributed by atoms with Crippen LogP contribution in [0.4, 0.5) is 0 Å². The smallest absolute Gasteiger partial charge is 0.232 e. The molecule has 1 aromatic heterocycles. The van der Waals surface area contributed by atoms with Gasteiger partial charge in [-0.2, -0.15) is 0 Å². The second kappa shape index (κ2) is 7.40. The van der Waals surface area contributed by atoms with Crippen LogP contribution in [0.15, 0.2) is 79.3 Å². The summed E-state index contributed by atoms with van der Waals surface area (Å²) in [6.07, 6.45) is 3.19. The molecule has 0 spiro atoms. The van der Waals surface area contributed by atoms with E-state index < -0.39 is 13.7 Å². The first-order valence-electron chi connectivity index (χ1n) is 12.1. The molecule has 4 rings (SSSR count). The standard InChI is InChI=1S/C26H25N2/c1-18-10-8-9-13-23(18)26-24(16-27-17-28(26)4)25-19(2)14-22(15-20(25)3)21-11-6-5-7-12-21/h5-17H,1-4H3/q+1/i2D3,3D3. The lowest BCUT2D eigenvalue weighted by atomic mass is 9.89. The average Bonchev–Trinajstić information content (AvgIpc) is 2.78. The summed E-state index contributed by atoms with van der Waals surface area (Å²) in [6.45, 7) is -3.12. The molecule has 2 heteroatoms. The monoisotopic (exact) mass is 371 g/mol. The number of nitrogens with zero attached hydrogens (tertiary/aromatic N) is 2. The maximum atomic E-state index is 8.32. The van der Waals surface area contributed by atoms with Gasteiger partial charge < -0.3 is 0 Å². The van der Waals surface area contributed by atoms with E-state index in [4.69, 9.17) is 8.22 Å². The van der Waals surface area contributed by atoms with E-state index in [0.717, 1.165) is 16.7 Å². The second-order valence-corrected chi connectivity index (χ2v) is 6.89. The molecule has 0 amide bonds. The van der Waals surface area contributed by atoms with E-state index >= 15 is 0 Å². The van der Waals surface area contributed by atoms with E-state index in [0.29, 0.717) is 16.8 Å². The first kappa shape index (κ1) is 12.2. The van der Waals surface area contributed by atoms with Gasteiger partial charge in [-0.15, -0.1) is 0 Å². The van der Waals surface area contributed by atoms with Gasteiger partial charge in [-0.25, -0.2) is 4.57 Å². The molecule has 0 saturated carbocycles. The van der Waals surface area contributed by atoms with Crippen LogP contribution in [0.2, 0.25) is 0 Å². The molecule has 28 heavy (non-hydrogen) atoms. The molecule has 4 aromatic rings. The Morgan fingerprint density at radius 1 is 0.786 bits per heavy atom. The summed E-state index contributed by atoms with van der Waals surface area (Å²) < 4.78 is 51.7. The maximum Gasteiger partial charge on any atom is 0.286 e. The summed E-state index contributed by atoms with van der Waals surface area (Å²) in [5, 5.41) is 0. The van der Waals surface area contributed by atoms with Crippen LogP contribution < -0.4 is 4.57 Å². The van der Waals surface area contributed by atoms with Crippen LogP contribution in [0.5, 0.6) is 0 Å². The maximum absolute atomic E-state index is 8.32. The highest BCUT2D eigenvalue weighted by molar-refractivity contribution is 5.84. The van der Waals surface area contributed by atoms with Crippen LogP contribution in [0.1, 0.15) is 24.9 Å². The molecule has 0 bridgehead atoms. The summed E-state index contributed by atoms with van der Waals surface area (Å²) in [5.74, 6) is 0. The van der Waals surface area contributed by atoms with E-state index in [2.05, 4.69) is 4.98 Å². The Kier molecular flexibility index (Phi) is 3.24. The highest BCUT2D eigenvalue weighted by Gasteiger charge is 2.21. The second-order valence-electron chi connectivity index (χ2n) is 6.89. The van der Waals surface area contributed by atoms with E-state index in [9.17, 15) is 0 Å². The molecule has 0 saturated heterocycles. The Balaban J connectivity index is 2.15. The van der Waals surface area contributed by atoms with Crippen molar-refractivity contribution in [3.05, 3.63) is 95.9 Å². The van der Waals surface area contributed by atoms with Crippen molar-refractivity contribution in [3.63, 3.8) is 0 Å². The van der Waals surface area contributed by atoms with Gasteiger partial charge in [0.15, 0.2) is 6.20 Å². The third kappa shape index (κ3) is 3.22. The van der Waals surface area contributed by atoms with E-state index in [1.54, 1.807) is 29.2 Å². The first-order valence-corrected chi connectivity index (χ1v) is 9.13. The third-order valence-corrected chi connectivity index (χ3v) is 4.97. The molecule has 0 atom stereocenters. The minimum Gasteiger partial charge on any atom is -0.232 e. The predicted molar refractivity (Wildman–Crippen MR) is 116 cm³/mol. The first-order chi connectivity index (χ1) is 16.0. The molecule has 0 aliphatic carbocycles. The van der Waals surface area contributed by atoms with E-state index in [1.165, 1.54) is 0 Å². The fourth-order valence-corrected chi connectivity index (χ4v) is 3.60. The van der Waals surface area contributed by atoms with E-state index in [1.807, 2.05) is 68.6 Å². The summed E-state index contributed by atoms with van der Waals surface area (Å²) >= 11 is 0. The molecule has 0 fully saturated rings. The largest absolute Gasteiger partial charge is 0.286 e. The Morgan fingerprint density at radius 2 is 1.46 bits per heavy atom. The van der Waals surface area contributed by atoms with Crippen molar-refractivity contribution in [2.75, 3.05) is 0 Å². The van der Waals surface area contributed by atoms with Gasteiger partial charge in [0.25, 0.3) is 6.33 Å². The third-order valence-electron chi connectivity index (χ3n) is 4.97. The Hall–Kier alpha value is -3.26. The summed E-state index contributed by atoms with van der Waals surface area (Å²) in [7, 11) is 1.82. The lowest BCUT2D eigenvalue weighted by molar-refractivity contribution is -0.663. The van der Waals surface area contributed by atoms with Gasteiger partial charge in [-0.3, -0.25) is 0 Å². The lowest BCUT2D eigenvalue weighted by Crippen LogP contribution is -2.32. The van der Waals surface area contributed by atoms with Gasteiger partial charge in [0.2, 0.25) is 0 Å². The molecule has 0 N–H and O–H groups in total. The number of aryl methyl sites for hydroxylation is 4. The zero-order chi connectivity index (χ0) is 24.7. The molecule has 2 nitrogen and oxygen atoms in total. The zero-order valence-corrected chi connectivity index (χ0v) is 15.9. The van der Waals surface area contributed by atoms with Gasteiger partial charge in [0.05, 0.1) is 12.6 Å². The van der Waals surface area contributed by atoms with Gasteiger partial charge >= 0.3 is 0 Å². The molecular weight excluding hydrogens is 340 g/mol. The molecular formula is C26H25N2+. The van der Waals surface area contributed by atoms with Crippen molar-refractivity contribution in [2.24, 2.45) is 7.05 Å². The molecule has 0 unspecified atom stereocenters. The molecule has 3 aromatic carbocycles. The van der Waals surface area contributed by atoms with Crippen molar-refractivity contribution in [1.29, 1.82) is 0 Å². The molecule has 138 valence electrons. The van der Waals surface area contributed by atoms with Crippen molar-refractivity contribution in [2.45, 2.75) is 20.6 Å². The van der Waals surface area contributed by atoms with Crippen LogP contribution in [0, 0.1) is 20.6 Å². The Bertz CT molecular complexity index is 1310. The highest BCUT2D eigenvalue weighted by atomic mass is 15.0. The number of hydrogen-bond acceptors (Lipinski definition) is 1.